The van der Waals surface area contributed by atoms with Crippen LogP contribution in [0.4, 0.5) is 0 Å². The molecule has 24 heavy (non-hydrogen) atoms. The molecule has 7 nitrogen and oxygen atoms in total. The Morgan fingerprint density at radius 3 is 1.75 bits per heavy atom. The van der Waals surface area contributed by atoms with E-state index in [0.29, 0.717) is 6.54 Å². The van der Waals surface area contributed by atoms with E-state index in [0.717, 1.165) is 71.0 Å². The highest BCUT2D eigenvalue weighted by Crippen LogP contribution is 2.17. The van der Waals surface area contributed by atoms with Gasteiger partial charge in [0.1, 0.15) is 0 Å². The van der Waals surface area contributed by atoms with Crippen LogP contribution in [0.5, 0.6) is 0 Å². The topological polar surface area (TPSA) is 98.2 Å². The van der Waals surface area contributed by atoms with Gasteiger partial charge in [-0.2, -0.15) is 0 Å². The van der Waals surface area contributed by atoms with Gasteiger partial charge in [0.15, 0.2) is 0 Å². The van der Waals surface area contributed by atoms with Gasteiger partial charge in [-0.15, -0.1) is 0 Å². The van der Waals surface area contributed by atoms with E-state index >= 15 is 0 Å². The summed E-state index contributed by atoms with van der Waals surface area (Å²) in [5.74, 6) is 0. The molecule has 0 fully saturated rings. The van der Waals surface area contributed by atoms with E-state index in [1.54, 1.807) is 21.3 Å². The van der Waals surface area contributed by atoms with Crippen molar-refractivity contribution in [2.75, 3.05) is 54.3 Å². The van der Waals surface area contributed by atoms with E-state index in [2.05, 4.69) is 0 Å². The van der Waals surface area contributed by atoms with Crippen LogP contribution < -0.4 is 11.5 Å². The van der Waals surface area contributed by atoms with Crippen molar-refractivity contribution in [1.82, 2.24) is 0 Å². The number of hydrogen-bond donors (Lipinski definition) is 2. The number of ether oxygens (including phenoxy) is 2. The quantitative estimate of drug-likeness (QED) is 0.280. The van der Waals surface area contributed by atoms with Crippen molar-refractivity contribution >= 4 is 8.80 Å². The van der Waals surface area contributed by atoms with E-state index < -0.39 is 8.80 Å². The van der Waals surface area contributed by atoms with Gasteiger partial charge in [0.2, 0.25) is 0 Å². The highest BCUT2D eigenvalue weighted by molar-refractivity contribution is 6.60. The summed E-state index contributed by atoms with van der Waals surface area (Å²) >= 11 is 0. The van der Waals surface area contributed by atoms with Crippen molar-refractivity contribution in [2.45, 2.75) is 50.6 Å². The molecule has 146 valence electrons. The number of rotatable bonds is 18. The molecule has 0 heterocycles. The molecule has 0 saturated carbocycles. The summed E-state index contributed by atoms with van der Waals surface area (Å²) in [6.07, 6.45) is 5.72. The van der Waals surface area contributed by atoms with Crippen LogP contribution in [0.25, 0.3) is 0 Å². The molecule has 1 atom stereocenters. The highest BCUT2D eigenvalue weighted by atomic mass is 28.4. The third-order valence-electron chi connectivity index (χ3n) is 3.94. The van der Waals surface area contributed by atoms with E-state index in [4.69, 9.17) is 34.2 Å². The molecule has 0 aliphatic rings. The van der Waals surface area contributed by atoms with Gasteiger partial charge < -0.3 is 34.2 Å². The second-order valence-electron chi connectivity index (χ2n) is 5.81. The van der Waals surface area contributed by atoms with Crippen molar-refractivity contribution in [2.24, 2.45) is 11.5 Å². The summed E-state index contributed by atoms with van der Waals surface area (Å²) < 4.78 is 27.2. The molecule has 0 aromatic carbocycles. The average molecular weight is 367 g/mol. The van der Waals surface area contributed by atoms with Gasteiger partial charge in [-0.25, -0.2) is 0 Å². The molecule has 0 amide bonds. The van der Waals surface area contributed by atoms with Gasteiger partial charge in [0, 0.05) is 59.8 Å². The van der Waals surface area contributed by atoms with Crippen LogP contribution in [0, 0.1) is 0 Å². The predicted octanol–water partition coefficient (Wildman–Crippen LogP) is 1.52. The maximum Gasteiger partial charge on any atom is 0.500 e. The molecular formula is C16H38N2O5Si. The largest absolute Gasteiger partial charge is 0.500 e. The fourth-order valence-corrected chi connectivity index (χ4v) is 4.14. The first-order valence-electron chi connectivity index (χ1n) is 8.90. The SMILES string of the molecule is CO[Si](CCC(N)CCCOCCCCOCCCN)(OC)OC. The Morgan fingerprint density at radius 1 is 0.750 bits per heavy atom. The van der Waals surface area contributed by atoms with Gasteiger partial charge in [0.05, 0.1) is 0 Å². The van der Waals surface area contributed by atoms with Gasteiger partial charge in [-0.3, -0.25) is 0 Å². The molecule has 0 radical (unpaired) electrons. The zero-order valence-corrected chi connectivity index (χ0v) is 16.8. The van der Waals surface area contributed by atoms with Crippen molar-refractivity contribution in [3.05, 3.63) is 0 Å². The molecule has 0 aliphatic heterocycles. The molecule has 0 rings (SSSR count). The van der Waals surface area contributed by atoms with Crippen LogP contribution in [0.1, 0.15) is 38.5 Å². The molecule has 0 saturated heterocycles. The summed E-state index contributed by atoms with van der Waals surface area (Å²) in [5, 5.41) is 0. The summed E-state index contributed by atoms with van der Waals surface area (Å²) in [5.41, 5.74) is 11.5. The first kappa shape index (κ1) is 23.9. The van der Waals surface area contributed by atoms with Crippen molar-refractivity contribution in [3.63, 3.8) is 0 Å². The molecule has 0 aliphatic carbocycles. The van der Waals surface area contributed by atoms with Crippen molar-refractivity contribution in [3.8, 4) is 0 Å². The maximum absolute atomic E-state index is 6.14. The van der Waals surface area contributed by atoms with Crippen LogP contribution in [0.3, 0.4) is 0 Å². The number of unbranched alkanes of at least 4 members (excludes halogenated alkanes) is 1. The third-order valence-corrected chi connectivity index (χ3v) is 6.71. The minimum atomic E-state index is -2.49. The summed E-state index contributed by atoms with van der Waals surface area (Å²) in [6.45, 7) is 3.77. The zero-order valence-electron chi connectivity index (χ0n) is 15.8. The lowest BCUT2D eigenvalue weighted by Crippen LogP contribution is -2.43. The second-order valence-corrected chi connectivity index (χ2v) is 8.90. The lowest BCUT2D eigenvalue weighted by Gasteiger charge is -2.25. The van der Waals surface area contributed by atoms with E-state index in [-0.39, 0.29) is 6.04 Å². The predicted molar refractivity (Wildman–Crippen MR) is 98.0 cm³/mol. The Morgan fingerprint density at radius 2 is 1.25 bits per heavy atom. The lowest BCUT2D eigenvalue weighted by atomic mass is 10.1. The Labute approximate surface area is 148 Å². The molecular weight excluding hydrogens is 328 g/mol. The third kappa shape index (κ3) is 12.3. The fourth-order valence-electron chi connectivity index (χ4n) is 2.31. The van der Waals surface area contributed by atoms with Gasteiger partial charge in [-0.1, -0.05) is 0 Å². The number of nitrogens with two attached hydrogens (primary N) is 2. The summed E-state index contributed by atoms with van der Waals surface area (Å²) in [4.78, 5) is 0. The van der Waals surface area contributed by atoms with Crippen LogP contribution in [0.15, 0.2) is 0 Å². The minimum absolute atomic E-state index is 0.122. The smallest absolute Gasteiger partial charge is 0.381 e. The van der Waals surface area contributed by atoms with E-state index in [1.807, 2.05) is 0 Å². The van der Waals surface area contributed by atoms with E-state index in [1.165, 1.54) is 0 Å². The molecule has 8 heteroatoms. The highest BCUT2D eigenvalue weighted by Gasteiger charge is 2.37. The standard InChI is InChI=1S/C16H38N2O5Si/c1-19-24(20-2,21-3)15-9-16(18)8-6-13-22-11-4-5-12-23-14-7-10-17/h16H,4-15,17-18H2,1-3H3. The van der Waals surface area contributed by atoms with Crippen LogP contribution in [-0.2, 0) is 22.8 Å². The van der Waals surface area contributed by atoms with Crippen molar-refractivity contribution in [1.29, 1.82) is 0 Å². The maximum atomic E-state index is 6.14. The fraction of sp³-hybridized carbons (Fsp3) is 1.00. The van der Waals surface area contributed by atoms with Crippen LogP contribution in [0.2, 0.25) is 6.04 Å². The first-order valence-corrected chi connectivity index (χ1v) is 10.8. The van der Waals surface area contributed by atoms with Crippen molar-refractivity contribution < 1.29 is 22.8 Å². The Bertz CT molecular complexity index is 263. The molecule has 0 bridgehead atoms. The Hall–Kier alpha value is -0.0631. The van der Waals surface area contributed by atoms with Gasteiger partial charge in [-0.05, 0) is 45.1 Å². The number of hydrogen-bond acceptors (Lipinski definition) is 7. The van der Waals surface area contributed by atoms with Crippen LogP contribution in [-0.4, -0.2) is 69.1 Å². The van der Waals surface area contributed by atoms with E-state index in [9.17, 15) is 0 Å². The monoisotopic (exact) mass is 366 g/mol. The average Bonchev–Trinajstić information content (AvgIpc) is 2.61. The molecule has 0 aromatic rings. The first-order chi connectivity index (χ1) is 11.6. The van der Waals surface area contributed by atoms with Crippen LogP contribution >= 0.6 is 0 Å². The molecule has 0 spiro atoms. The molecule has 4 N–H and O–H groups in total. The lowest BCUT2D eigenvalue weighted by molar-refractivity contribution is 0.0998. The zero-order chi connectivity index (χ0) is 18.1. The second kappa shape index (κ2) is 16.4. The summed E-state index contributed by atoms with van der Waals surface area (Å²) in [6, 6.07) is 0.861. The molecule has 0 aromatic heterocycles. The minimum Gasteiger partial charge on any atom is -0.381 e. The Kier molecular flexibility index (Phi) is 16.4. The summed E-state index contributed by atoms with van der Waals surface area (Å²) in [7, 11) is 2.39. The Balaban J connectivity index is 3.45. The van der Waals surface area contributed by atoms with Gasteiger partial charge >= 0.3 is 8.80 Å². The van der Waals surface area contributed by atoms with Gasteiger partial charge in [0.25, 0.3) is 0 Å². The normalized spacial score (nSPS) is 13.4. The molecule has 1 unspecified atom stereocenters.